The van der Waals surface area contributed by atoms with Crippen LogP contribution in [0.15, 0.2) is 103 Å². The van der Waals surface area contributed by atoms with Crippen LogP contribution in [-0.2, 0) is 24.4 Å². The summed E-state index contributed by atoms with van der Waals surface area (Å²) in [5.74, 6) is 0. The lowest BCUT2D eigenvalue weighted by atomic mass is 9.79. The van der Waals surface area contributed by atoms with Crippen LogP contribution < -0.4 is 0 Å². The molecular weight excluding hydrogens is 586 g/mol. The Morgan fingerprint density at radius 3 is 1.58 bits per heavy atom. The number of aliphatic hydroxyl groups is 1. The fourth-order valence-corrected chi connectivity index (χ4v) is 5.63. The second-order valence-electron chi connectivity index (χ2n) is 12.2. The van der Waals surface area contributed by atoms with Gasteiger partial charge in [0.05, 0.1) is 17.7 Å². The number of aryl methyl sites for hydroxylation is 1. The van der Waals surface area contributed by atoms with Gasteiger partial charge in [-0.05, 0) is 92.2 Å². The Kier molecular flexibility index (Phi) is 8.45. The minimum Gasteiger partial charge on any atom is -0.392 e. The molecule has 0 heterocycles. The second kappa shape index (κ2) is 11.9. The Labute approximate surface area is 258 Å². The summed E-state index contributed by atoms with van der Waals surface area (Å²) in [4.78, 5) is 0. The molecule has 5 rings (SSSR count). The standard InChI is InChI=1S/C38H32F6O/c1-23-9-11-24(12-10-23)30-21-31(25-13-19-28(20-14-25)37(39,40)41)35(29-7-5-6-8-33(29)38(42,43)44)34(32(30)22-45)26-15-17-27(18-16-26)36(2,3)4/h5-21,45H,22H2,1-4H3. The van der Waals surface area contributed by atoms with E-state index >= 15 is 0 Å². The highest BCUT2D eigenvalue weighted by molar-refractivity contribution is 6.00. The zero-order valence-electron chi connectivity index (χ0n) is 25.2. The summed E-state index contributed by atoms with van der Waals surface area (Å²) >= 11 is 0. The van der Waals surface area contributed by atoms with E-state index in [9.17, 15) is 31.4 Å². The second-order valence-corrected chi connectivity index (χ2v) is 12.2. The van der Waals surface area contributed by atoms with Crippen LogP contribution in [0.3, 0.4) is 0 Å². The van der Waals surface area contributed by atoms with Crippen LogP contribution in [0.2, 0.25) is 0 Å². The van der Waals surface area contributed by atoms with Crippen molar-refractivity contribution < 1.29 is 31.4 Å². The van der Waals surface area contributed by atoms with Crippen molar-refractivity contribution in [2.75, 3.05) is 0 Å². The molecule has 0 radical (unpaired) electrons. The Morgan fingerprint density at radius 1 is 0.533 bits per heavy atom. The van der Waals surface area contributed by atoms with Gasteiger partial charge in [-0.25, -0.2) is 0 Å². The van der Waals surface area contributed by atoms with E-state index in [1.54, 1.807) is 6.07 Å². The van der Waals surface area contributed by atoms with E-state index in [-0.39, 0.29) is 16.5 Å². The predicted octanol–water partition coefficient (Wildman–Crippen LogP) is 11.5. The Morgan fingerprint density at radius 2 is 1.04 bits per heavy atom. The van der Waals surface area contributed by atoms with Crippen molar-refractivity contribution in [1.29, 1.82) is 0 Å². The van der Waals surface area contributed by atoms with E-state index in [2.05, 4.69) is 0 Å². The molecule has 0 aromatic heterocycles. The summed E-state index contributed by atoms with van der Waals surface area (Å²) in [7, 11) is 0. The smallest absolute Gasteiger partial charge is 0.392 e. The molecule has 232 valence electrons. The molecule has 1 nitrogen and oxygen atoms in total. The molecule has 0 amide bonds. The molecule has 0 bridgehead atoms. The number of alkyl halides is 6. The van der Waals surface area contributed by atoms with E-state index in [4.69, 9.17) is 0 Å². The van der Waals surface area contributed by atoms with Crippen molar-refractivity contribution in [2.24, 2.45) is 0 Å². The van der Waals surface area contributed by atoms with Gasteiger partial charge in [0.25, 0.3) is 0 Å². The summed E-state index contributed by atoms with van der Waals surface area (Å²) in [6.07, 6.45) is -9.31. The van der Waals surface area contributed by atoms with E-state index in [0.717, 1.165) is 29.3 Å². The van der Waals surface area contributed by atoms with Crippen LogP contribution >= 0.6 is 0 Å². The molecule has 7 heteroatoms. The highest BCUT2D eigenvalue weighted by Gasteiger charge is 2.36. The normalized spacial score (nSPS) is 12.4. The van der Waals surface area contributed by atoms with Gasteiger partial charge in [-0.15, -0.1) is 0 Å². The van der Waals surface area contributed by atoms with Gasteiger partial charge < -0.3 is 5.11 Å². The molecule has 45 heavy (non-hydrogen) atoms. The minimum atomic E-state index is -4.73. The highest BCUT2D eigenvalue weighted by atomic mass is 19.4. The first kappa shape index (κ1) is 32.0. The van der Waals surface area contributed by atoms with Crippen LogP contribution in [0.5, 0.6) is 0 Å². The number of benzene rings is 5. The topological polar surface area (TPSA) is 20.2 Å². The van der Waals surface area contributed by atoms with E-state index < -0.39 is 30.1 Å². The highest BCUT2D eigenvalue weighted by Crippen LogP contribution is 2.50. The van der Waals surface area contributed by atoms with Crippen molar-refractivity contribution in [3.8, 4) is 44.5 Å². The third kappa shape index (κ3) is 6.54. The lowest BCUT2D eigenvalue weighted by Crippen LogP contribution is -2.11. The number of halogens is 6. The van der Waals surface area contributed by atoms with Crippen molar-refractivity contribution in [3.05, 3.63) is 131 Å². The Hall–Kier alpha value is -4.36. The molecule has 0 aliphatic carbocycles. The van der Waals surface area contributed by atoms with Gasteiger partial charge in [0.15, 0.2) is 0 Å². The third-order valence-electron chi connectivity index (χ3n) is 8.02. The number of aliphatic hydroxyl groups excluding tert-OH is 1. The average molecular weight is 619 g/mol. The van der Waals surface area contributed by atoms with E-state index in [1.165, 1.54) is 30.3 Å². The van der Waals surface area contributed by atoms with Crippen LogP contribution in [0, 0.1) is 6.92 Å². The molecule has 5 aromatic rings. The average Bonchev–Trinajstić information content (AvgIpc) is 2.99. The van der Waals surface area contributed by atoms with Gasteiger partial charge in [-0.2, -0.15) is 26.3 Å². The van der Waals surface area contributed by atoms with Crippen molar-refractivity contribution in [2.45, 2.75) is 52.1 Å². The van der Waals surface area contributed by atoms with Crippen LogP contribution in [0.25, 0.3) is 44.5 Å². The van der Waals surface area contributed by atoms with Gasteiger partial charge in [0, 0.05) is 0 Å². The molecule has 0 unspecified atom stereocenters. The lowest BCUT2D eigenvalue weighted by Gasteiger charge is -2.26. The van der Waals surface area contributed by atoms with Crippen LogP contribution in [0.1, 0.15) is 48.6 Å². The Balaban J connectivity index is 1.97. The van der Waals surface area contributed by atoms with Crippen molar-refractivity contribution >= 4 is 0 Å². The summed E-state index contributed by atoms with van der Waals surface area (Å²) in [6, 6.07) is 26.2. The monoisotopic (exact) mass is 618 g/mol. The summed E-state index contributed by atoms with van der Waals surface area (Å²) in [6.45, 7) is 7.57. The van der Waals surface area contributed by atoms with E-state index in [0.29, 0.717) is 38.9 Å². The minimum absolute atomic E-state index is 0.139. The maximum atomic E-state index is 14.6. The first-order valence-corrected chi connectivity index (χ1v) is 14.4. The molecule has 0 fully saturated rings. The predicted molar refractivity (Wildman–Crippen MR) is 168 cm³/mol. The maximum Gasteiger partial charge on any atom is 0.417 e. The van der Waals surface area contributed by atoms with Crippen LogP contribution in [0.4, 0.5) is 26.3 Å². The van der Waals surface area contributed by atoms with Gasteiger partial charge in [0.2, 0.25) is 0 Å². The van der Waals surface area contributed by atoms with Gasteiger partial charge >= 0.3 is 12.4 Å². The fourth-order valence-electron chi connectivity index (χ4n) is 5.63. The molecule has 0 saturated heterocycles. The lowest BCUT2D eigenvalue weighted by molar-refractivity contribution is -0.138. The molecule has 0 aliphatic heterocycles. The van der Waals surface area contributed by atoms with Gasteiger partial charge in [0.1, 0.15) is 0 Å². The fraction of sp³-hybridized carbons (Fsp3) is 0.211. The quantitative estimate of drug-likeness (QED) is 0.194. The molecule has 5 aromatic carbocycles. The molecule has 0 spiro atoms. The molecule has 0 aliphatic rings. The first-order chi connectivity index (χ1) is 21.1. The largest absolute Gasteiger partial charge is 0.417 e. The van der Waals surface area contributed by atoms with Gasteiger partial charge in [-0.1, -0.05) is 105 Å². The first-order valence-electron chi connectivity index (χ1n) is 14.4. The summed E-state index contributed by atoms with van der Waals surface area (Å²) in [5.41, 5.74) is 3.32. The summed E-state index contributed by atoms with van der Waals surface area (Å²) < 4.78 is 84.2. The summed E-state index contributed by atoms with van der Waals surface area (Å²) in [5, 5.41) is 10.9. The third-order valence-corrected chi connectivity index (χ3v) is 8.02. The maximum absolute atomic E-state index is 14.6. The SMILES string of the molecule is Cc1ccc(-c2cc(-c3ccc(C(F)(F)F)cc3)c(-c3ccccc3C(F)(F)F)c(-c3ccc(C(C)(C)C)cc3)c2CO)cc1. The van der Waals surface area contributed by atoms with Crippen LogP contribution in [-0.4, -0.2) is 5.11 Å². The molecular formula is C38H32F6O. The number of hydrogen-bond donors (Lipinski definition) is 1. The zero-order valence-corrected chi connectivity index (χ0v) is 25.2. The van der Waals surface area contributed by atoms with E-state index in [1.807, 2.05) is 76.2 Å². The molecule has 1 N–H and O–H groups in total. The number of rotatable bonds is 5. The van der Waals surface area contributed by atoms with Gasteiger partial charge in [-0.3, -0.25) is 0 Å². The number of hydrogen-bond acceptors (Lipinski definition) is 1. The van der Waals surface area contributed by atoms with Crippen molar-refractivity contribution in [1.82, 2.24) is 0 Å². The molecule has 0 saturated carbocycles. The van der Waals surface area contributed by atoms with Crippen molar-refractivity contribution in [3.63, 3.8) is 0 Å². The molecule has 0 atom stereocenters. The Bertz CT molecular complexity index is 1810. The zero-order chi connectivity index (χ0) is 32.7.